The lowest BCUT2D eigenvalue weighted by atomic mass is 9.85. The van der Waals surface area contributed by atoms with E-state index in [-0.39, 0.29) is 30.6 Å². The first-order valence-corrected chi connectivity index (χ1v) is 8.40. The quantitative estimate of drug-likeness (QED) is 0.789. The topological polar surface area (TPSA) is 93.9 Å². The molecule has 1 aromatic rings. The molecule has 2 amide bonds. The van der Waals surface area contributed by atoms with Crippen LogP contribution < -0.4 is 16.0 Å². The molecule has 0 spiro atoms. The van der Waals surface area contributed by atoms with Crippen molar-refractivity contribution in [1.82, 2.24) is 0 Å². The van der Waals surface area contributed by atoms with E-state index in [0.717, 1.165) is 11.3 Å². The molecule has 132 valence electrons. The van der Waals surface area contributed by atoms with Crippen LogP contribution in [0.4, 0.5) is 11.4 Å². The van der Waals surface area contributed by atoms with Gasteiger partial charge in [-0.2, -0.15) is 0 Å². The first kappa shape index (κ1) is 16.3. The number of amides is 2. The van der Waals surface area contributed by atoms with Crippen LogP contribution in [0.5, 0.6) is 0 Å². The van der Waals surface area contributed by atoms with Gasteiger partial charge in [-0.1, -0.05) is 12.2 Å². The summed E-state index contributed by atoms with van der Waals surface area (Å²) < 4.78 is 10.8. The predicted molar refractivity (Wildman–Crippen MR) is 92.3 cm³/mol. The number of ether oxygens (including phenoxy) is 2. The summed E-state index contributed by atoms with van der Waals surface area (Å²) in [4.78, 5) is 26.4. The average Bonchev–Trinajstić information content (AvgIpc) is 3.17. The molecular weight excluding hydrogens is 322 g/mol. The van der Waals surface area contributed by atoms with Crippen LogP contribution in [0.2, 0.25) is 0 Å². The molecule has 2 saturated heterocycles. The Morgan fingerprint density at radius 2 is 2.24 bits per heavy atom. The van der Waals surface area contributed by atoms with Gasteiger partial charge in [0.15, 0.2) is 0 Å². The van der Waals surface area contributed by atoms with Gasteiger partial charge in [0, 0.05) is 24.3 Å². The largest absolute Gasteiger partial charge is 0.370 e. The lowest BCUT2D eigenvalue weighted by Crippen LogP contribution is -2.56. The highest BCUT2D eigenvalue weighted by Crippen LogP contribution is 2.36. The molecule has 0 aromatic heterocycles. The van der Waals surface area contributed by atoms with Crippen molar-refractivity contribution in [3.05, 3.63) is 35.9 Å². The minimum absolute atomic E-state index is 0.0574. The van der Waals surface area contributed by atoms with Crippen molar-refractivity contribution >= 4 is 23.2 Å². The summed E-state index contributed by atoms with van der Waals surface area (Å²) in [6.07, 6.45) is 3.84. The Labute approximate surface area is 145 Å². The summed E-state index contributed by atoms with van der Waals surface area (Å²) in [6.45, 7) is 3.07. The maximum absolute atomic E-state index is 12.6. The standard InChI is InChI=1S/C18H21N3O4/c1-11-8-12(2-4-14(11)21-6-7-24-10-16(21)22)20-17(23)18(19)9-13-3-5-15(18)25-13/h2-5,8,13,15H,6-7,9-10,19H2,1H3,(H,20,23). The van der Waals surface area contributed by atoms with E-state index in [1.165, 1.54) is 0 Å². The zero-order valence-electron chi connectivity index (χ0n) is 14.0. The Kier molecular flexibility index (Phi) is 3.87. The number of nitrogens with zero attached hydrogens (tertiary/aromatic N) is 1. The van der Waals surface area contributed by atoms with Crippen LogP contribution in [0.25, 0.3) is 0 Å². The Morgan fingerprint density at radius 3 is 2.88 bits per heavy atom. The van der Waals surface area contributed by atoms with Crippen molar-refractivity contribution in [3.8, 4) is 0 Å². The van der Waals surface area contributed by atoms with E-state index in [1.807, 2.05) is 31.2 Å². The maximum Gasteiger partial charge on any atom is 0.253 e. The van der Waals surface area contributed by atoms with Gasteiger partial charge in [-0.3, -0.25) is 9.59 Å². The number of fused-ring (bicyclic) bond motifs is 2. The number of morpholine rings is 1. The molecule has 3 N–H and O–H groups in total. The Balaban J connectivity index is 1.50. The average molecular weight is 343 g/mol. The van der Waals surface area contributed by atoms with Crippen LogP contribution in [-0.4, -0.2) is 49.3 Å². The third-order valence-electron chi connectivity index (χ3n) is 5.02. The number of carbonyl (C=O) groups is 2. The number of nitrogens with one attached hydrogen (secondary N) is 1. The second-order valence-electron chi connectivity index (χ2n) is 6.78. The third-order valence-corrected chi connectivity index (χ3v) is 5.02. The zero-order chi connectivity index (χ0) is 17.6. The highest BCUT2D eigenvalue weighted by molar-refractivity contribution is 6.00. The highest BCUT2D eigenvalue weighted by atomic mass is 16.5. The van der Waals surface area contributed by atoms with Crippen LogP contribution in [0.3, 0.4) is 0 Å². The first-order chi connectivity index (χ1) is 12.0. The number of rotatable bonds is 3. The fourth-order valence-electron chi connectivity index (χ4n) is 3.64. The van der Waals surface area contributed by atoms with Crippen LogP contribution in [-0.2, 0) is 19.1 Å². The number of nitrogens with two attached hydrogens (primary N) is 1. The molecule has 4 rings (SSSR count). The summed E-state index contributed by atoms with van der Waals surface area (Å²) in [5.41, 5.74) is 7.64. The molecule has 7 heteroatoms. The van der Waals surface area contributed by atoms with E-state index in [0.29, 0.717) is 25.3 Å². The summed E-state index contributed by atoms with van der Waals surface area (Å²) >= 11 is 0. The predicted octanol–water partition coefficient (Wildman–Crippen LogP) is 0.722. The highest BCUT2D eigenvalue weighted by Gasteiger charge is 2.52. The van der Waals surface area contributed by atoms with Crippen molar-refractivity contribution in [3.63, 3.8) is 0 Å². The smallest absolute Gasteiger partial charge is 0.253 e. The molecule has 0 aliphatic carbocycles. The molecule has 3 heterocycles. The van der Waals surface area contributed by atoms with Crippen molar-refractivity contribution in [2.45, 2.75) is 31.1 Å². The molecule has 1 aromatic carbocycles. The Bertz CT molecular complexity index is 763. The lowest BCUT2D eigenvalue weighted by molar-refractivity contribution is -0.125. The lowest BCUT2D eigenvalue weighted by Gasteiger charge is -2.29. The van der Waals surface area contributed by atoms with Crippen molar-refractivity contribution in [2.75, 3.05) is 30.0 Å². The van der Waals surface area contributed by atoms with E-state index in [1.54, 1.807) is 11.0 Å². The first-order valence-electron chi connectivity index (χ1n) is 8.40. The molecule has 0 radical (unpaired) electrons. The third kappa shape index (κ3) is 2.74. The number of aryl methyl sites for hydroxylation is 1. The fraction of sp³-hybridized carbons (Fsp3) is 0.444. The van der Waals surface area contributed by atoms with E-state index in [9.17, 15) is 9.59 Å². The molecule has 2 bridgehead atoms. The molecular formula is C18H21N3O4. The van der Waals surface area contributed by atoms with Crippen molar-refractivity contribution in [1.29, 1.82) is 0 Å². The van der Waals surface area contributed by atoms with Crippen LogP contribution >= 0.6 is 0 Å². The van der Waals surface area contributed by atoms with Crippen LogP contribution in [0, 0.1) is 6.92 Å². The summed E-state index contributed by atoms with van der Waals surface area (Å²) in [7, 11) is 0. The maximum atomic E-state index is 12.6. The van der Waals surface area contributed by atoms with Gasteiger partial charge >= 0.3 is 0 Å². The van der Waals surface area contributed by atoms with E-state index >= 15 is 0 Å². The van der Waals surface area contributed by atoms with Crippen LogP contribution in [0.15, 0.2) is 30.4 Å². The van der Waals surface area contributed by atoms with E-state index < -0.39 is 5.54 Å². The number of hydrogen-bond donors (Lipinski definition) is 2. The summed E-state index contributed by atoms with van der Waals surface area (Å²) in [5.74, 6) is -0.308. The molecule has 3 aliphatic rings. The molecule has 3 aliphatic heterocycles. The zero-order valence-corrected chi connectivity index (χ0v) is 14.0. The van der Waals surface area contributed by atoms with Crippen molar-refractivity contribution < 1.29 is 19.1 Å². The van der Waals surface area contributed by atoms with E-state index in [4.69, 9.17) is 15.2 Å². The number of anilines is 2. The second-order valence-corrected chi connectivity index (χ2v) is 6.78. The van der Waals surface area contributed by atoms with Gasteiger partial charge in [-0.25, -0.2) is 0 Å². The molecule has 7 nitrogen and oxygen atoms in total. The minimum Gasteiger partial charge on any atom is -0.370 e. The molecule has 3 unspecified atom stereocenters. The summed E-state index contributed by atoms with van der Waals surface area (Å²) in [5, 5.41) is 2.89. The molecule has 25 heavy (non-hydrogen) atoms. The Hall–Kier alpha value is -2.22. The van der Waals surface area contributed by atoms with Crippen molar-refractivity contribution in [2.24, 2.45) is 5.73 Å². The number of benzene rings is 1. The van der Waals surface area contributed by atoms with E-state index in [2.05, 4.69) is 5.32 Å². The number of hydrogen-bond acceptors (Lipinski definition) is 5. The van der Waals surface area contributed by atoms with Gasteiger partial charge in [-0.15, -0.1) is 0 Å². The van der Waals surface area contributed by atoms with Gasteiger partial charge in [0.1, 0.15) is 18.2 Å². The minimum atomic E-state index is -1.04. The fourth-order valence-corrected chi connectivity index (χ4v) is 3.64. The van der Waals surface area contributed by atoms with Gasteiger partial charge in [0.25, 0.3) is 5.91 Å². The monoisotopic (exact) mass is 343 g/mol. The molecule has 3 atom stereocenters. The summed E-state index contributed by atoms with van der Waals surface area (Å²) in [6, 6.07) is 5.48. The second kappa shape index (κ2) is 5.94. The van der Waals surface area contributed by atoms with Gasteiger partial charge in [0.2, 0.25) is 5.91 Å². The van der Waals surface area contributed by atoms with Crippen LogP contribution in [0.1, 0.15) is 12.0 Å². The van der Waals surface area contributed by atoms with Gasteiger partial charge in [-0.05, 0) is 30.7 Å². The van der Waals surface area contributed by atoms with Gasteiger partial charge < -0.3 is 25.4 Å². The van der Waals surface area contributed by atoms with Gasteiger partial charge in [0.05, 0.1) is 12.7 Å². The Morgan fingerprint density at radius 1 is 1.40 bits per heavy atom. The normalized spacial score (nSPS) is 30.8. The number of carbonyl (C=O) groups excluding carboxylic acids is 2. The molecule has 0 saturated carbocycles. The molecule has 2 fully saturated rings. The SMILES string of the molecule is Cc1cc(NC(=O)C2(N)CC3C=CC2O3)ccc1N1CCOCC1=O.